The molecule has 0 atom stereocenters. The van der Waals surface area contributed by atoms with E-state index in [9.17, 15) is 0 Å². The van der Waals surface area contributed by atoms with Crippen LogP contribution in [0.15, 0.2) is 200 Å². The molecule has 0 fully saturated rings. The van der Waals surface area contributed by atoms with Crippen molar-refractivity contribution in [2.75, 3.05) is 4.90 Å². The van der Waals surface area contributed by atoms with Crippen LogP contribution in [0.5, 0.6) is 0 Å². The average Bonchev–Trinajstić information content (AvgIpc) is 3.88. The minimum Gasteiger partial charge on any atom is -0.310 e. The van der Waals surface area contributed by atoms with E-state index in [0.29, 0.717) is 0 Å². The van der Waals surface area contributed by atoms with Crippen molar-refractivity contribution in [2.45, 2.75) is 24.7 Å². The van der Waals surface area contributed by atoms with Crippen molar-refractivity contribution in [1.29, 1.82) is 0 Å². The number of hydrogen-bond acceptors (Lipinski definition) is 2. The standard InChI is InChI=1S/C56H39NS/c1-55(2)47-32-29-39(34-46(47)53-49(55)33-31-45-44-24-12-14-27-52(44)58-54(45)53)57(51-26-15-17-36-16-9-10-22-41(36)51)40-28-30-43-42-23-11-13-25-48(42)56(50(43)35-40,37-18-5-3-6-19-37)38-20-7-4-8-21-38/h3-35H,1-2H3. The van der Waals surface area contributed by atoms with Crippen molar-refractivity contribution in [3.05, 3.63) is 234 Å². The molecular formula is C56H39NS. The van der Waals surface area contributed by atoms with Gasteiger partial charge in [-0.05, 0) is 91.9 Å². The van der Waals surface area contributed by atoms with Crippen molar-refractivity contribution >= 4 is 59.3 Å². The summed E-state index contributed by atoms with van der Waals surface area (Å²) in [6.07, 6.45) is 0. The highest BCUT2D eigenvalue weighted by Crippen LogP contribution is 2.59. The van der Waals surface area contributed by atoms with Crippen LogP contribution in [0.25, 0.3) is 53.2 Å². The first-order chi connectivity index (χ1) is 28.5. The lowest BCUT2D eigenvalue weighted by molar-refractivity contribution is 0.661. The zero-order valence-corrected chi connectivity index (χ0v) is 33.2. The average molecular weight is 758 g/mol. The highest BCUT2D eigenvalue weighted by Gasteiger charge is 2.46. The Kier molecular flexibility index (Phi) is 7.13. The summed E-state index contributed by atoms with van der Waals surface area (Å²) in [5.74, 6) is 0. The highest BCUT2D eigenvalue weighted by molar-refractivity contribution is 7.26. The van der Waals surface area contributed by atoms with Crippen molar-refractivity contribution < 1.29 is 0 Å². The Balaban J connectivity index is 1.15. The molecule has 0 unspecified atom stereocenters. The summed E-state index contributed by atoms with van der Waals surface area (Å²) in [4.78, 5) is 2.52. The molecule has 9 aromatic carbocycles. The first-order valence-electron chi connectivity index (χ1n) is 20.3. The van der Waals surface area contributed by atoms with Crippen LogP contribution in [0, 0.1) is 0 Å². The Labute approximate surface area is 343 Å². The number of nitrogens with zero attached hydrogens (tertiary/aromatic N) is 1. The van der Waals surface area contributed by atoms with Gasteiger partial charge in [-0.15, -0.1) is 11.3 Å². The molecule has 1 nitrogen and oxygen atoms in total. The van der Waals surface area contributed by atoms with Crippen molar-refractivity contribution in [3.63, 3.8) is 0 Å². The SMILES string of the molecule is CC1(C)c2ccc(N(c3ccc4c(c3)C(c3ccccc3)(c3ccccc3)c3ccccc3-4)c3cccc4ccccc34)cc2-c2c1ccc1c2sc2ccccc21. The molecule has 58 heavy (non-hydrogen) atoms. The van der Waals surface area contributed by atoms with Crippen LogP contribution in [0.3, 0.4) is 0 Å². The fourth-order valence-electron chi connectivity index (χ4n) is 10.5. The molecule has 0 spiro atoms. The number of rotatable bonds is 5. The first-order valence-corrected chi connectivity index (χ1v) is 21.1. The second-order valence-electron chi connectivity index (χ2n) is 16.4. The van der Waals surface area contributed by atoms with Gasteiger partial charge in [0.1, 0.15) is 0 Å². The molecule has 0 amide bonds. The van der Waals surface area contributed by atoms with E-state index in [1.165, 1.54) is 86.6 Å². The van der Waals surface area contributed by atoms with Gasteiger partial charge in [-0.1, -0.05) is 178 Å². The molecule has 0 bridgehead atoms. The van der Waals surface area contributed by atoms with E-state index in [2.05, 4.69) is 219 Å². The van der Waals surface area contributed by atoms with E-state index in [0.717, 1.165) is 17.1 Å². The van der Waals surface area contributed by atoms with Gasteiger partial charge in [0.15, 0.2) is 0 Å². The summed E-state index contributed by atoms with van der Waals surface area (Å²) in [7, 11) is 0. The normalized spacial score (nSPS) is 14.3. The summed E-state index contributed by atoms with van der Waals surface area (Å²) in [5.41, 5.74) is 16.1. The van der Waals surface area contributed by atoms with Gasteiger partial charge < -0.3 is 4.90 Å². The maximum absolute atomic E-state index is 2.52. The summed E-state index contributed by atoms with van der Waals surface area (Å²) in [6.45, 7) is 4.79. The Bertz CT molecular complexity index is 3220. The van der Waals surface area contributed by atoms with Crippen LogP contribution >= 0.6 is 11.3 Å². The number of benzene rings is 9. The van der Waals surface area contributed by atoms with Gasteiger partial charge in [-0.25, -0.2) is 0 Å². The minimum atomic E-state index is -0.497. The summed E-state index contributed by atoms with van der Waals surface area (Å²) in [5, 5.41) is 5.13. The maximum atomic E-state index is 2.52. The molecule has 0 N–H and O–H groups in total. The highest BCUT2D eigenvalue weighted by atomic mass is 32.1. The molecular weight excluding hydrogens is 719 g/mol. The topological polar surface area (TPSA) is 3.24 Å². The molecule has 0 saturated carbocycles. The third kappa shape index (κ3) is 4.52. The molecule has 2 aliphatic carbocycles. The third-order valence-corrected chi connectivity index (χ3v) is 14.3. The number of fused-ring (bicyclic) bond motifs is 11. The monoisotopic (exact) mass is 757 g/mol. The largest absolute Gasteiger partial charge is 0.310 e. The molecule has 12 rings (SSSR count). The lowest BCUT2D eigenvalue weighted by Gasteiger charge is -2.35. The van der Waals surface area contributed by atoms with E-state index in [1.54, 1.807) is 0 Å². The van der Waals surface area contributed by atoms with Gasteiger partial charge in [0, 0.05) is 47.9 Å². The van der Waals surface area contributed by atoms with Gasteiger partial charge in [0.2, 0.25) is 0 Å². The molecule has 0 saturated heterocycles. The number of thiophene rings is 1. The van der Waals surface area contributed by atoms with E-state index in [1.807, 2.05) is 11.3 Å². The Morgan fingerprint density at radius 3 is 1.84 bits per heavy atom. The Morgan fingerprint density at radius 1 is 0.414 bits per heavy atom. The zero-order valence-electron chi connectivity index (χ0n) is 32.4. The van der Waals surface area contributed by atoms with Crippen molar-refractivity contribution in [2.24, 2.45) is 0 Å². The summed E-state index contributed by atoms with van der Waals surface area (Å²) in [6, 6.07) is 74.9. The molecule has 274 valence electrons. The molecule has 0 aliphatic heterocycles. The van der Waals surface area contributed by atoms with Crippen LogP contribution < -0.4 is 4.90 Å². The lowest BCUT2D eigenvalue weighted by atomic mass is 9.67. The van der Waals surface area contributed by atoms with Crippen LogP contribution in [-0.2, 0) is 10.8 Å². The van der Waals surface area contributed by atoms with Crippen LogP contribution in [0.1, 0.15) is 47.2 Å². The van der Waals surface area contributed by atoms with Crippen molar-refractivity contribution in [1.82, 2.24) is 0 Å². The van der Waals surface area contributed by atoms with Crippen molar-refractivity contribution in [3.8, 4) is 22.3 Å². The fourth-order valence-corrected chi connectivity index (χ4v) is 11.8. The molecule has 2 heteroatoms. The number of hydrogen-bond donors (Lipinski definition) is 0. The van der Waals surface area contributed by atoms with Gasteiger partial charge in [-0.2, -0.15) is 0 Å². The first kappa shape index (κ1) is 33.4. The molecule has 10 aromatic rings. The van der Waals surface area contributed by atoms with E-state index < -0.39 is 5.41 Å². The molecule has 1 heterocycles. The van der Waals surface area contributed by atoms with Gasteiger partial charge in [0.05, 0.1) is 11.1 Å². The zero-order chi connectivity index (χ0) is 38.6. The van der Waals surface area contributed by atoms with E-state index in [4.69, 9.17) is 0 Å². The second-order valence-corrected chi connectivity index (χ2v) is 17.5. The second kappa shape index (κ2) is 12.4. The lowest BCUT2D eigenvalue weighted by Crippen LogP contribution is -2.28. The molecule has 0 radical (unpaired) electrons. The van der Waals surface area contributed by atoms with E-state index >= 15 is 0 Å². The fraction of sp³-hybridized carbons (Fsp3) is 0.0714. The summed E-state index contributed by atoms with van der Waals surface area (Å²) >= 11 is 1.93. The quantitative estimate of drug-likeness (QED) is 0.169. The third-order valence-electron chi connectivity index (χ3n) is 13.1. The van der Waals surface area contributed by atoms with Crippen LogP contribution in [0.4, 0.5) is 17.1 Å². The molecule has 1 aromatic heterocycles. The minimum absolute atomic E-state index is 0.123. The van der Waals surface area contributed by atoms with Gasteiger partial charge >= 0.3 is 0 Å². The Morgan fingerprint density at radius 2 is 1.03 bits per heavy atom. The van der Waals surface area contributed by atoms with Gasteiger partial charge in [0.25, 0.3) is 0 Å². The van der Waals surface area contributed by atoms with Crippen LogP contribution in [-0.4, -0.2) is 0 Å². The predicted octanol–water partition coefficient (Wildman–Crippen LogP) is 15.3. The van der Waals surface area contributed by atoms with E-state index in [-0.39, 0.29) is 5.41 Å². The Hall–Kier alpha value is -6.74. The smallest absolute Gasteiger partial charge is 0.0714 e. The summed E-state index contributed by atoms with van der Waals surface area (Å²) < 4.78 is 2.72. The maximum Gasteiger partial charge on any atom is 0.0714 e. The van der Waals surface area contributed by atoms with Gasteiger partial charge in [-0.3, -0.25) is 0 Å². The predicted molar refractivity (Wildman–Crippen MR) is 246 cm³/mol. The molecule has 2 aliphatic rings. The number of anilines is 3. The van der Waals surface area contributed by atoms with Crippen LogP contribution in [0.2, 0.25) is 0 Å².